The van der Waals surface area contributed by atoms with Crippen molar-refractivity contribution in [2.75, 3.05) is 19.7 Å². The van der Waals surface area contributed by atoms with Gasteiger partial charge in [0.2, 0.25) is 0 Å². The lowest BCUT2D eigenvalue weighted by Crippen LogP contribution is -2.32. The molecule has 28 heavy (non-hydrogen) atoms. The third kappa shape index (κ3) is 4.52. The molecule has 0 bridgehead atoms. The fraction of sp³-hybridized carbons (Fsp3) is 0.409. The number of H-pyrrole nitrogens is 1. The van der Waals surface area contributed by atoms with Crippen LogP contribution in [0.3, 0.4) is 0 Å². The molecule has 0 fully saturated rings. The Morgan fingerprint density at radius 2 is 2.18 bits per heavy atom. The van der Waals surface area contributed by atoms with Gasteiger partial charge >= 0.3 is 0 Å². The first-order valence-corrected chi connectivity index (χ1v) is 9.76. The Hall–Kier alpha value is -2.41. The molecule has 6 heteroatoms. The van der Waals surface area contributed by atoms with Crippen LogP contribution in [0.2, 0.25) is 0 Å². The fourth-order valence-electron chi connectivity index (χ4n) is 4.04. The minimum absolute atomic E-state index is 0.147. The van der Waals surface area contributed by atoms with Crippen LogP contribution in [-0.2, 0) is 17.6 Å². The van der Waals surface area contributed by atoms with Crippen LogP contribution in [0.1, 0.15) is 46.0 Å². The van der Waals surface area contributed by atoms with E-state index in [9.17, 15) is 9.90 Å². The van der Waals surface area contributed by atoms with Gasteiger partial charge in [0, 0.05) is 37.1 Å². The van der Waals surface area contributed by atoms with E-state index in [1.165, 1.54) is 34.0 Å². The summed E-state index contributed by atoms with van der Waals surface area (Å²) in [5.41, 5.74) is 8.99. The number of hydrogen-bond acceptors (Lipinski definition) is 4. The molecule has 1 heterocycles. The maximum atomic E-state index is 11.2. The van der Waals surface area contributed by atoms with Gasteiger partial charge in [-0.05, 0) is 67.0 Å². The molecule has 2 aromatic rings. The number of hydrogen-bond donors (Lipinski definition) is 4. The quantitative estimate of drug-likeness (QED) is 0.321. The molecular weight excluding hydrogens is 354 g/mol. The predicted molar refractivity (Wildman–Crippen MR) is 109 cm³/mol. The number of carbonyl (C=O) groups excluding carboxylic acids is 1. The zero-order valence-electron chi connectivity index (χ0n) is 16.5. The molecule has 1 aromatic heterocycles. The van der Waals surface area contributed by atoms with E-state index in [0.717, 1.165) is 31.4 Å². The summed E-state index contributed by atoms with van der Waals surface area (Å²) in [5, 5.41) is 18.2. The Labute approximate surface area is 165 Å². The Balaban J connectivity index is 1.72. The summed E-state index contributed by atoms with van der Waals surface area (Å²) in [5.74, 6) is -0.539. The van der Waals surface area contributed by atoms with E-state index in [0.29, 0.717) is 12.6 Å². The Kier molecular flexibility index (Phi) is 6.67. The summed E-state index contributed by atoms with van der Waals surface area (Å²) in [6, 6.07) is 6.53. The van der Waals surface area contributed by atoms with Crippen LogP contribution in [-0.4, -0.2) is 45.8 Å². The maximum absolute atomic E-state index is 11.2. The van der Waals surface area contributed by atoms with Gasteiger partial charge in [0.05, 0.1) is 6.61 Å². The number of aryl methyl sites for hydroxylation is 2. The number of aromatic amines is 1. The molecule has 0 radical (unpaired) electrons. The van der Waals surface area contributed by atoms with E-state index in [1.54, 1.807) is 11.6 Å². The van der Waals surface area contributed by atoms with Crippen molar-refractivity contribution in [3.63, 3.8) is 0 Å². The van der Waals surface area contributed by atoms with Gasteiger partial charge in [-0.25, -0.2) is 5.48 Å². The van der Waals surface area contributed by atoms with Crippen molar-refractivity contribution in [3.05, 3.63) is 64.0 Å². The van der Waals surface area contributed by atoms with Crippen LogP contribution < -0.4 is 5.48 Å². The molecule has 0 saturated carbocycles. The first-order valence-electron chi connectivity index (χ1n) is 9.76. The van der Waals surface area contributed by atoms with Crippen molar-refractivity contribution in [1.82, 2.24) is 15.4 Å². The molecule has 4 N–H and O–H groups in total. The number of aromatic nitrogens is 1. The summed E-state index contributed by atoms with van der Waals surface area (Å²) in [4.78, 5) is 16.8. The number of aliphatic hydroxyl groups is 1. The zero-order valence-corrected chi connectivity index (χ0v) is 16.5. The average molecular weight is 383 g/mol. The molecule has 6 nitrogen and oxygen atoms in total. The summed E-state index contributed by atoms with van der Waals surface area (Å²) in [6.07, 6.45) is 8.07. The van der Waals surface area contributed by atoms with Crippen molar-refractivity contribution >= 4 is 12.0 Å². The van der Waals surface area contributed by atoms with Crippen LogP contribution in [0.4, 0.5) is 0 Å². The Morgan fingerprint density at radius 1 is 1.36 bits per heavy atom. The van der Waals surface area contributed by atoms with Crippen LogP contribution in [0.25, 0.3) is 6.08 Å². The number of nitrogens with zero attached hydrogens (tertiary/aromatic N) is 1. The minimum Gasteiger partial charge on any atom is -0.395 e. The van der Waals surface area contributed by atoms with E-state index < -0.39 is 5.91 Å². The second-order valence-corrected chi connectivity index (χ2v) is 7.40. The fourth-order valence-corrected chi connectivity index (χ4v) is 4.04. The third-order valence-electron chi connectivity index (χ3n) is 5.75. The summed E-state index contributed by atoms with van der Waals surface area (Å²) < 4.78 is 0. The lowest BCUT2D eigenvalue weighted by Gasteiger charge is -2.29. The molecule has 1 aliphatic rings. The second-order valence-electron chi connectivity index (χ2n) is 7.40. The number of hydroxylamine groups is 1. The van der Waals surface area contributed by atoms with E-state index in [1.807, 2.05) is 6.07 Å². The van der Waals surface area contributed by atoms with Gasteiger partial charge in [-0.15, -0.1) is 0 Å². The highest BCUT2D eigenvalue weighted by atomic mass is 16.5. The first-order chi connectivity index (χ1) is 13.5. The molecule has 1 aromatic carbocycles. The normalized spacial score (nSPS) is 16.1. The topological polar surface area (TPSA) is 88.6 Å². The number of aliphatic hydroxyl groups excluding tert-OH is 1. The van der Waals surface area contributed by atoms with Gasteiger partial charge in [-0.1, -0.05) is 18.2 Å². The number of nitrogens with one attached hydrogen (secondary N) is 2. The largest absolute Gasteiger partial charge is 0.395 e. The van der Waals surface area contributed by atoms with E-state index in [-0.39, 0.29) is 6.61 Å². The Morgan fingerprint density at radius 3 is 2.86 bits per heavy atom. The van der Waals surface area contributed by atoms with Crippen molar-refractivity contribution in [3.8, 4) is 0 Å². The first kappa shape index (κ1) is 20.3. The van der Waals surface area contributed by atoms with E-state index >= 15 is 0 Å². The van der Waals surface area contributed by atoms with Crippen molar-refractivity contribution in [2.45, 2.75) is 39.2 Å². The molecule has 1 atom stereocenters. The van der Waals surface area contributed by atoms with Crippen LogP contribution in [0.5, 0.6) is 0 Å². The van der Waals surface area contributed by atoms with Crippen molar-refractivity contribution in [1.29, 1.82) is 0 Å². The summed E-state index contributed by atoms with van der Waals surface area (Å²) in [6.45, 7) is 5.95. The second kappa shape index (κ2) is 9.19. The van der Waals surface area contributed by atoms with E-state index in [2.05, 4.69) is 42.1 Å². The zero-order chi connectivity index (χ0) is 20.1. The van der Waals surface area contributed by atoms with Gasteiger partial charge in [0.25, 0.3) is 5.91 Å². The van der Waals surface area contributed by atoms with Gasteiger partial charge in [-0.2, -0.15) is 0 Å². The van der Waals surface area contributed by atoms with Gasteiger partial charge in [0.1, 0.15) is 0 Å². The lowest BCUT2D eigenvalue weighted by molar-refractivity contribution is -0.124. The van der Waals surface area contributed by atoms with Gasteiger partial charge < -0.3 is 10.1 Å². The van der Waals surface area contributed by atoms with Crippen molar-refractivity contribution in [2.24, 2.45) is 0 Å². The Bertz CT molecular complexity index is 857. The number of fused-ring (bicyclic) bond motifs is 1. The highest BCUT2D eigenvalue weighted by Crippen LogP contribution is 2.36. The molecule has 1 unspecified atom stereocenters. The predicted octanol–water partition coefficient (Wildman–Crippen LogP) is 2.67. The molecule has 3 rings (SSSR count). The lowest BCUT2D eigenvalue weighted by atomic mass is 10.0. The number of carbonyl (C=O) groups is 1. The van der Waals surface area contributed by atoms with Crippen LogP contribution >= 0.6 is 0 Å². The molecular formula is C22H29N3O3. The highest BCUT2D eigenvalue weighted by molar-refractivity contribution is 5.90. The van der Waals surface area contributed by atoms with Crippen LogP contribution in [0, 0.1) is 13.8 Å². The molecule has 0 aliphatic heterocycles. The molecule has 150 valence electrons. The van der Waals surface area contributed by atoms with Gasteiger partial charge in [-0.3, -0.25) is 14.9 Å². The minimum atomic E-state index is -0.539. The monoisotopic (exact) mass is 383 g/mol. The summed E-state index contributed by atoms with van der Waals surface area (Å²) in [7, 11) is 0. The summed E-state index contributed by atoms with van der Waals surface area (Å²) >= 11 is 0. The molecule has 1 aliphatic carbocycles. The number of rotatable bonds is 8. The number of benzene rings is 1. The maximum Gasteiger partial charge on any atom is 0.267 e. The molecule has 1 amide bonds. The molecule has 0 spiro atoms. The number of amides is 1. The molecule has 0 saturated heterocycles. The van der Waals surface area contributed by atoms with Crippen molar-refractivity contribution < 1.29 is 15.1 Å². The SMILES string of the molecule is Cc1[nH]cc(CCN(CCO)C2CCc3cc(/C=C/C(=O)NO)ccc32)c1C. The standard InChI is InChI=1S/C22H29N3O3/c1-15-16(2)23-14-19(15)9-10-25(11-12-26)21-7-5-18-13-17(3-6-20(18)21)4-8-22(27)24-28/h3-4,6,8,13-14,21,23,26,28H,5,7,9-12H2,1-2H3,(H,24,27)/b8-4+. The average Bonchev–Trinajstić information content (AvgIpc) is 3.26. The van der Waals surface area contributed by atoms with E-state index in [4.69, 9.17) is 5.21 Å². The van der Waals surface area contributed by atoms with Gasteiger partial charge in [0.15, 0.2) is 0 Å². The smallest absolute Gasteiger partial charge is 0.267 e. The third-order valence-corrected chi connectivity index (χ3v) is 5.75. The van der Waals surface area contributed by atoms with Crippen LogP contribution in [0.15, 0.2) is 30.5 Å². The highest BCUT2D eigenvalue weighted by Gasteiger charge is 2.27.